The normalized spacial score (nSPS) is 16.4. The second kappa shape index (κ2) is 35.6. The molecule has 4 heterocycles. The number of imide groups is 2. The van der Waals surface area contributed by atoms with Crippen molar-refractivity contribution in [2.45, 2.75) is 209 Å². The molecule has 12 nitrogen and oxygen atoms in total. The van der Waals surface area contributed by atoms with Gasteiger partial charge in [0.25, 0.3) is 23.6 Å². The van der Waals surface area contributed by atoms with E-state index >= 15 is 0 Å². The Morgan fingerprint density at radius 2 is 0.738 bits per heavy atom. The summed E-state index contributed by atoms with van der Waals surface area (Å²) in [6.07, 6.45) is 52.2. The zero-order valence-electron chi connectivity index (χ0n) is 51.6. The Morgan fingerprint density at radius 1 is 0.417 bits per heavy atom. The maximum Gasteiger partial charge on any atom is 0.271 e. The Morgan fingerprint density at radius 3 is 1.07 bits per heavy atom. The van der Waals surface area contributed by atoms with E-state index in [1.807, 2.05) is 85.5 Å². The molecule has 2 aromatic carbocycles. The SMILES string of the molecule is CCCCCCCCCCCCN1C=CC(=C/C=C2/C(=O)N(Cc3cc4cc(CN5C(=O)C(C#N)=C(C)/C(=C\C=C6C=CN(CCCCCCCCCCCC)C=C6)C5=O)c(OCCCC)cc4cc3OCCCC)C(=O)C(C#N)=C2C)C=C1. The van der Waals surface area contributed by atoms with Crippen molar-refractivity contribution in [3.63, 3.8) is 0 Å². The summed E-state index contributed by atoms with van der Waals surface area (Å²) in [7, 11) is 0. The predicted molar refractivity (Wildman–Crippen MR) is 338 cm³/mol. The van der Waals surface area contributed by atoms with Crippen molar-refractivity contribution in [2.24, 2.45) is 0 Å². The first kappa shape index (κ1) is 65.7. The lowest BCUT2D eigenvalue weighted by Crippen LogP contribution is -2.42. The summed E-state index contributed by atoms with van der Waals surface area (Å²) < 4.78 is 12.8. The summed E-state index contributed by atoms with van der Waals surface area (Å²) in [5.41, 5.74) is 3.70. The van der Waals surface area contributed by atoms with Gasteiger partial charge in [0.15, 0.2) is 0 Å². The smallest absolute Gasteiger partial charge is 0.271 e. The van der Waals surface area contributed by atoms with Gasteiger partial charge in [-0.2, -0.15) is 10.5 Å². The van der Waals surface area contributed by atoms with E-state index in [1.54, 1.807) is 26.0 Å². The van der Waals surface area contributed by atoms with E-state index in [4.69, 9.17) is 9.47 Å². The highest BCUT2D eigenvalue weighted by molar-refractivity contribution is 6.19. The summed E-state index contributed by atoms with van der Waals surface area (Å²) in [6.45, 7) is 14.2. The van der Waals surface area contributed by atoms with Crippen molar-refractivity contribution < 1.29 is 28.7 Å². The number of ether oxygens (including phenoxy) is 2. The molecule has 0 spiro atoms. The predicted octanol–water partition coefficient (Wildman–Crippen LogP) is 16.8. The molecule has 0 bridgehead atoms. The number of nitrogens with zero attached hydrogens (tertiary/aromatic N) is 6. The lowest BCUT2D eigenvalue weighted by atomic mass is 9.93. The van der Waals surface area contributed by atoms with E-state index < -0.39 is 23.6 Å². The first-order chi connectivity index (χ1) is 41.0. The molecule has 4 amide bonds. The van der Waals surface area contributed by atoms with Crippen molar-refractivity contribution in [2.75, 3.05) is 26.3 Å². The van der Waals surface area contributed by atoms with Crippen molar-refractivity contribution in [3.05, 3.63) is 153 Å². The molecule has 12 heteroatoms. The van der Waals surface area contributed by atoms with Gasteiger partial charge in [-0.05, 0) is 133 Å². The highest BCUT2D eigenvalue weighted by Gasteiger charge is 2.37. The molecule has 84 heavy (non-hydrogen) atoms. The van der Waals surface area contributed by atoms with Crippen LogP contribution in [0, 0.1) is 22.7 Å². The molecule has 0 saturated heterocycles. The molecule has 6 rings (SSSR count). The number of hydrogen-bond acceptors (Lipinski definition) is 10. The van der Waals surface area contributed by atoms with Gasteiger partial charge in [-0.3, -0.25) is 29.0 Å². The molecular weight excluding hydrogens is 1040 g/mol. The van der Waals surface area contributed by atoms with Crippen LogP contribution in [0.15, 0.2) is 142 Å². The second-order valence-corrected chi connectivity index (χ2v) is 22.9. The maximum atomic E-state index is 14.5. The van der Waals surface area contributed by atoms with Gasteiger partial charge >= 0.3 is 0 Å². The first-order valence-corrected chi connectivity index (χ1v) is 31.8. The number of fused-ring (bicyclic) bond motifs is 1. The fraction of sp³-hybridized carbons (Fsp3) is 0.500. The Hall–Kier alpha value is -7.44. The van der Waals surface area contributed by atoms with Crippen LogP contribution in [-0.2, 0) is 32.3 Å². The van der Waals surface area contributed by atoms with Gasteiger partial charge in [0, 0.05) is 60.2 Å². The largest absolute Gasteiger partial charge is 0.493 e. The Bertz CT molecular complexity index is 2790. The van der Waals surface area contributed by atoms with Crippen LogP contribution >= 0.6 is 0 Å². The molecule has 0 aromatic heterocycles. The minimum atomic E-state index is -0.694. The molecule has 4 aliphatic heterocycles. The van der Waals surface area contributed by atoms with Gasteiger partial charge in [0.1, 0.15) is 34.8 Å². The molecule has 0 aliphatic carbocycles. The molecule has 0 radical (unpaired) electrons. The lowest BCUT2D eigenvalue weighted by Gasteiger charge is -2.29. The van der Waals surface area contributed by atoms with Crippen molar-refractivity contribution >= 4 is 34.4 Å². The second-order valence-electron chi connectivity index (χ2n) is 22.9. The number of hydrogen-bond donors (Lipinski definition) is 0. The zero-order valence-corrected chi connectivity index (χ0v) is 51.6. The number of allylic oxidation sites excluding steroid dienone is 10. The number of carbonyl (C=O) groups is 4. The third kappa shape index (κ3) is 19.3. The standard InChI is InChI=1S/C72H94N6O6/c1-7-11-15-17-19-21-23-25-27-29-39-75-41-35-57(36-42-75)31-33-63-55(5)65(51-73)71(81)77(69(63)79)53-61-47-59-48-62(68(84-46-14-10-4)50-60(59)49-67(61)83-45-13-9-3)54-78-70(80)64(56(6)66(52-74)72(78)82)34-32-58-37-43-76(44-38-58)40-30-28-26-24-22-20-18-16-12-8-2/h31-38,41-44,47-50H,7-30,39-40,45-46,53-54H2,1-6H3/b63-33+,64-34+. The van der Waals surface area contributed by atoms with Crippen LogP contribution in [0.5, 0.6) is 11.5 Å². The molecule has 0 unspecified atom stereocenters. The highest BCUT2D eigenvalue weighted by atomic mass is 16.5. The van der Waals surface area contributed by atoms with Crippen molar-refractivity contribution in [1.82, 2.24) is 19.6 Å². The fourth-order valence-electron chi connectivity index (χ4n) is 10.9. The topological polar surface area (TPSA) is 147 Å². The number of nitriles is 2. The number of rotatable bonds is 36. The molecule has 0 N–H and O–H groups in total. The number of benzene rings is 2. The summed E-state index contributed by atoms with van der Waals surface area (Å²) in [4.78, 5) is 63.9. The molecule has 0 atom stereocenters. The van der Waals surface area contributed by atoms with Gasteiger partial charge in [-0.15, -0.1) is 0 Å². The van der Waals surface area contributed by atoms with Gasteiger partial charge in [0.2, 0.25) is 0 Å². The number of amides is 4. The average Bonchev–Trinajstić information content (AvgIpc) is 1.24. The molecular formula is C72H94N6O6. The quantitative estimate of drug-likeness (QED) is 0.0367. The van der Waals surface area contributed by atoms with Crippen LogP contribution < -0.4 is 9.47 Å². The monoisotopic (exact) mass is 1140 g/mol. The van der Waals surface area contributed by atoms with Gasteiger partial charge in [0.05, 0.1) is 26.3 Å². The van der Waals surface area contributed by atoms with Crippen LogP contribution in [0.25, 0.3) is 10.8 Å². The van der Waals surface area contributed by atoms with E-state index in [1.165, 1.54) is 116 Å². The molecule has 0 fully saturated rings. The van der Waals surface area contributed by atoms with Crippen LogP contribution in [-0.4, -0.2) is 69.5 Å². The number of carbonyl (C=O) groups excluding carboxylic acids is 4. The Balaban J connectivity index is 1.20. The minimum Gasteiger partial charge on any atom is -0.493 e. The van der Waals surface area contributed by atoms with E-state index in [9.17, 15) is 29.7 Å². The van der Waals surface area contributed by atoms with E-state index in [0.29, 0.717) is 52.4 Å². The molecule has 448 valence electrons. The van der Waals surface area contributed by atoms with E-state index in [-0.39, 0.29) is 35.4 Å². The molecule has 2 aromatic rings. The van der Waals surface area contributed by atoms with E-state index in [0.717, 1.165) is 77.9 Å². The molecule has 4 aliphatic rings. The first-order valence-electron chi connectivity index (χ1n) is 31.8. The minimum absolute atomic E-state index is 0.114. The van der Waals surface area contributed by atoms with Gasteiger partial charge < -0.3 is 19.3 Å². The van der Waals surface area contributed by atoms with Crippen LogP contribution in [0.1, 0.15) is 207 Å². The summed E-state index contributed by atoms with van der Waals surface area (Å²) in [5.74, 6) is -1.52. The molecule has 0 saturated carbocycles. The summed E-state index contributed by atoms with van der Waals surface area (Å²) >= 11 is 0. The van der Waals surface area contributed by atoms with Gasteiger partial charge in [-0.1, -0.05) is 168 Å². The number of unbranched alkanes of at least 4 members (excludes halogenated alkanes) is 20. The third-order valence-corrected chi connectivity index (χ3v) is 16.3. The summed E-state index contributed by atoms with van der Waals surface area (Å²) in [6, 6.07) is 11.6. The van der Waals surface area contributed by atoms with Crippen molar-refractivity contribution in [3.8, 4) is 23.6 Å². The Kier molecular flexibility index (Phi) is 27.9. The lowest BCUT2D eigenvalue weighted by molar-refractivity contribution is -0.142. The van der Waals surface area contributed by atoms with Crippen LogP contribution in [0.3, 0.4) is 0 Å². The van der Waals surface area contributed by atoms with E-state index in [2.05, 4.69) is 49.6 Å². The Labute approximate surface area is 503 Å². The zero-order chi connectivity index (χ0) is 60.1. The average molecular weight is 1140 g/mol. The van der Waals surface area contributed by atoms with Crippen LogP contribution in [0.4, 0.5) is 0 Å². The fourth-order valence-corrected chi connectivity index (χ4v) is 10.9. The third-order valence-electron chi connectivity index (χ3n) is 16.3. The maximum absolute atomic E-state index is 14.5. The van der Waals surface area contributed by atoms with Crippen LogP contribution in [0.2, 0.25) is 0 Å². The van der Waals surface area contributed by atoms with Gasteiger partial charge in [-0.25, -0.2) is 0 Å². The summed E-state index contributed by atoms with van der Waals surface area (Å²) in [5, 5.41) is 22.1. The van der Waals surface area contributed by atoms with Crippen molar-refractivity contribution in [1.29, 1.82) is 10.5 Å². The highest BCUT2D eigenvalue weighted by Crippen LogP contribution is 2.37.